The minimum Gasteiger partial charge on any atom is -0.355 e. The van der Waals surface area contributed by atoms with E-state index in [0.29, 0.717) is 18.4 Å². The molecule has 25 heavy (non-hydrogen) atoms. The number of guanidine groups is 1. The molecule has 144 valence electrons. The highest BCUT2D eigenvalue weighted by molar-refractivity contribution is 14.0. The molecule has 2 unspecified atom stereocenters. The van der Waals surface area contributed by atoms with Crippen LogP contribution < -0.4 is 15.4 Å². The zero-order valence-electron chi connectivity index (χ0n) is 15.8. The molecule has 0 fully saturated rings. The Hall–Kier alpha value is -0.870. The monoisotopic (exact) mass is 482 g/mol. The lowest BCUT2D eigenvalue weighted by Gasteiger charge is -2.28. The standard InChI is InChI=1S/C17H30N4O2S.HI/c1-13(15-10-8-7-9-11-15)14(2)20-16(18-5)19-12-17(3,4)21-24(6,22)23;/h7-11,13-14,21H,12H2,1-6H3,(H2,18,19,20);1H. The van der Waals surface area contributed by atoms with E-state index in [-0.39, 0.29) is 30.0 Å². The van der Waals surface area contributed by atoms with Crippen LogP contribution in [-0.2, 0) is 10.0 Å². The summed E-state index contributed by atoms with van der Waals surface area (Å²) in [5.74, 6) is 0.959. The molecule has 2 atom stereocenters. The van der Waals surface area contributed by atoms with Crippen LogP contribution in [0.5, 0.6) is 0 Å². The molecular formula is C17H31IN4O2S. The van der Waals surface area contributed by atoms with E-state index in [1.54, 1.807) is 7.05 Å². The van der Waals surface area contributed by atoms with Gasteiger partial charge in [0.1, 0.15) is 0 Å². The zero-order chi connectivity index (χ0) is 18.4. The van der Waals surface area contributed by atoms with Crippen LogP contribution in [0.4, 0.5) is 0 Å². The van der Waals surface area contributed by atoms with E-state index < -0.39 is 15.6 Å². The van der Waals surface area contributed by atoms with E-state index >= 15 is 0 Å². The third kappa shape index (κ3) is 9.41. The summed E-state index contributed by atoms with van der Waals surface area (Å²) in [6.07, 6.45) is 1.16. The number of rotatable bonds is 7. The summed E-state index contributed by atoms with van der Waals surface area (Å²) >= 11 is 0. The molecule has 0 heterocycles. The Kier molecular flexibility index (Phi) is 9.96. The predicted octanol–water partition coefficient (Wildman–Crippen LogP) is 2.29. The van der Waals surface area contributed by atoms with Gasteiger partial charge in [-0.15, -0.1) is 24.0 Å². The summed E-state index contributed by atoms with van der Waals surface area (Å²) < 4.78 is 25.4. The van der Waals surface area contributed by atoms with Crippen molar-refractivity contribution in [2.45, 2.75) is 45.2 Å². The molecule has 1 aromatic carbocycles. The highest BCUT2D eigenvalue weighted by atomic mass is 127. The first-order valence-electron chi connectivity index (χ1n) is 8.05. The lowest BCUT2D eigenvalue weighted by Crippen LogP contribution is -2.54. The SMILES string of the molecule is CN=C(NCC(C)(C)NS(C)(=O)=O)NC(C)C(C)c1ccccc1.I. The lowest BCUT2D eigenvalue weighted by atomic mass is 9.94. The first kappa shape index (κ1) is 24.1. The molecule has 1 aromatic rings. The largest absolute Gasteiger partial charge is 0.355 e. The van der Waals surface area contributed by atoms with Gasteiger partial charge in [0, 0.05) is 31.1 Å². The quantitative estimate of drug-likeness (QED) is 0.317. The predicted molar refractivity (Wildman–Crippen MR) is 116 cm³/mol. The lowest BCUT2D eigenvalue weighted by molar-refractivity contribution is 0.443. The van der Waals surface area contributed by atoms with Gasteiger partial charge in [-0.05, 0) is 26.3 Å². The van der Waals surface area contributed by atoms with Gasteiger partial charge in [0.05, 0.1) is 6.26 Å². The van der Waals surface area contributed by atoms with Crippen molar-refractivity contribution < 1.29 is 8.42 Å². The zero-order valence-corrected chi connectivity index (χ0v) is 19.0. The number of sulfonamides is 1. The average Bonchev–Trinajstić information content (AvgIpc) is 2.49. The van der Waals surface area contributed by atoms with Gasteiger partial charge < -0.3 is 10.6 Å². The maximum Gasteiger partial charge on any atom is 0.209 e. The van der Waals surface area contributed by atoms with E-state index in [1.165, 1.54) is 5.56 Å². The van der Waals surface area contributed by atoms with Gasteiger partial charge in [-0.1, -0.05) is 37.3 Å². The van der Waals surface area contributed by atoms with Crippen molar-refractivity contribution in [1.29, 1.82) is 0 Å². The number of nitrogens with one attached hydrogen (secondary N) is 3. The summed E-state index contributed by atoms with van der Waals surface area (Å²) in [7, 11) is -1.56. The third-order valence-corrected chi connectivity index (χ3v) is 4.75. The highest BCUT2D eigenvalue weighted by Crippen LogP contribution is 2.18. The smallest absolute Gasteiger partial charge is 0.209 e. The number of nitrogens with zero attached hydrogens (tertiary/aromatic N) is 1. The molecule has 0 aliphatic rings. The van der Waals surface area contributed by atoms with Crippen LogP contribution in [0.1, 0.15) is 39.2 Å². The molecule has 0 amide bonds. The van der Waals surface area contributed by atoms with Crippen LogP contribution in [0.25, 0.3) is 0 Å². The second-order valence-corrected chi connectivity index (χ2v) is 8.56. The van der Waals surface area contributed by atoms with Gasteiger partial charge in [-0.3, -0.25) is 4.99 Å². The number of hydrogen-bond acceptors (Lipinski definition) is 3. The molecule has 6 nitrogen and oxygen atoms in total. The summed E-state index contributed by atoms with van der Waals surface area (Å²) in [6.45, 7) is 8.33. The molecule has 8 heteroatoms. The van der Waals surface area contributed by atoms with E-state index in [9.17, 15) is 8.42 Å². The van der Waals surface area contributed by atoms with Gasteiger partial charge in [-0.2, -0.15) is 0 Å². The van der Waals surface area contributed by atoms with E-state index in [4.69, 9.17) is 0 Å². The Balaban J connectivity index is 0.00000576. The fraction of sp³-hybridized carbons (Fsp3) is 0.588. The Morgan fingerprint density at radius 1 is 1.20 bits per heavy atom. The first-order chi connectivity index (χ1) is 11.0. The summed E-state index contributed by atoms with van der Waals surface area (Å²) in [5, 5.41) is 6.54. The normalized spacial score (nSPS) is 15.0. The Morgan fingerprint density at radius 3 is 2.24 bits per heavy atom. The van der Waals surface area contributed by atoms with Gasteiger partial charge in [-0.25, -0.2) is 13.1 Å². The van der Waals surface area contributed by atoms with Crippen molar-refractivity contribution in [3.8, 4) is 0 Å². The number of benzene rings is 1. The van der Waals surface area contributed by atoms with Crippen LogP contribution in [0.15, 0.2) is 35.3 Å². The molecule has 0 aromatic heterocycles. The van der Waals surface area contributed by atoms with Crippen LogP contribution in [0.2, 0.25) is 0 Å². The van der Waals surface area contributed by atoms with Crippen LogP contribution in [-0.4, -0.2) is 45.8 Å². The molecule has 1 rings (SSSR count). The van der Waals surface area contributed by atoms with E-state index in [1.807, 2.05) is 32.0 Å². The molecule has 3 N–H and O–H groups in total. The van der Waals surface area contributed by atoms with Crippen molar-refractivity contribution in [1.82, 2.24) is 15.4 Å². The number of hydrogen-bond donors (Lipinski definition) is 3. The Bertz CT molecular complexity index is 648. The Labute approximate surface area is 169 Å². The average molecular weight is 482 g/mol. The first-order valence-corrected chi connectivity index (χ1v) is 9.94. The number of aliphatic imine (C=N–C) groups is 1. The summed E-state index contributed by atoms with van der Waals surface area (Å²) in [5.41, 5.74) is 0.645. The van der Waals surface area contributed by atoms with Crippen molar-refractivity contribution in [3.63, 3.8) is 0 Å². The molecule has 0 spiro atoms. The van der Waals surface area contributed by atoms with Gasteiger partial charge in [0.25, 0.3) is 0 Å². The van der Waals surface area contributed by atoms with Crippen molar-refractivity contribution in [2.75, 3.05) is 19.8 Å². The second-order valence-electron chi connectivity index (χ2n) is 6.82. The molecule has 0 saturated carbocycles. The van der Waals surface area contributed by atoms with Gasteiger partial charge in [0.2, 0.25) is 10.0 Å². The van der Waals surface area contributed by atoms with Crippen molar-refractivity contribution >= 4 is 40.0 Å². The fourth-order valence-electron chi connectivity index (χ4n) is 2.42. The second kappa shape index (κ2) is 10.3. The van der Waals surface area contributed by atoms with Crippen LogP contribution in [0, 0.1) is 0 Å². The minimum atomic E-state index is -3.26. The Morgan fingerprint density at radius 2 is 1.76 bits per heavy atom. The maximum atomic E-state index is 11.4. The van der Waals surface area contributed by atoms with E-state index in [0.717, 1.165) is 6.26 Å². The van der Waals surface area contributed by atoms with E-state index in [2.05, 4.69) is 46.3 Å². The van der Waals surface area contributed by atoms with Gasteiger partial charge >= 0.3 is 0 Å². The van der Waals surface area contributed by atoms with Crippen molar-refractivity contribution in [3.05, 3.63) is 35.9 Å². The maximum absolute atomic E-state index is 11.4. The molecule has 0 saturated heterocycles. The van der Waals surface area contributed by atoms with Gasteiger partial charge in [0.15, 0.2) is 5.96 Å². The third-order valence-electron chi connectivity index (χ3n) is 3.82. The van der Waals surface area contributed by atoms with Crippen LogP contribution in [0.3, 0.4) is 0 Å². The highest BCUT2D eigenvalue weighted by Gasteiger charge is 2.23. The fourth-order valence-corrected chi connectivity index (χ4v) is 3.50. The van der Waals surface area contributed by atoms with Crippen molar-refractivity contribution in [2.24, 2.45) is 4.99 Å². The molecule has 0 bridgehead atoms. The summed E-state index contributed by atoms with van der Waals surface area (Å²) in [6, 6.07) is 10.5. The minimum absolute atomic E-state index is 0. The van der Waals surface area contributed by atoms with Crippen LogP contribution >= 0.6 is 24.0 Å². The topological polar surface area (TPSA) is 82.6 Å². The molecule has 0 radical (unpaired) electrons. The molecular weight excluding hydrogens is 451 g/mol. The number of halogens is 1. The summed E-state index contributed by atoms with van der Waals surface area (Å²) in [4.78, 5) is 4.22. The molecule has 0 aliphatic carbocycles. The molecule has 0 aliphatic heterocycles.